The van der Waals surface area contributed by atoms with Gasteiger partial charge in [0.1, 0.15) is 5.75 Å². The molecular weight excluding hydrogens is 268 g/mol. The van der Waals surface area contributed by atoms with Crippen LogP contribution in [0.25, 0.3) is 11.1 Å². The van der Waals surface area contributed by atoms with E-state index >= 15 is 0 Å². The Morgan fingerprint density at radius 1 is 0.773 bits per heavy atom. The fraction of sp³-hybridized carbons (Fsp3) is 0.143. The average Bonchev–Trinajstić information content (AvgIpc) is 2.56. The van der Waals surface area contributed by atoms with Crippen molar-refractivity contribution < 1.29 is 5.11 Å². The monoisotopic (exact) mass is 288 g/mol. The number of aromatic hydroxyl groups is 1. The summed E-state index contributed by atoms with van der Waals surface area (Å²) in [6, 6.07) is 24.8. The first kappa shape index (κ1) is 14.4. The molecule has 0 aliphatic heterocycles. The molecule has 0 atom stereocenters. The van der Waals surface area contributed by atoms with Gasteiger partial charge >= 0.3 is 0 Å². The Morgan fingerprint density at radius 3 is 2.32 bits per heavy atom. The topological polar surface area (TPSA) is 20.2 Å². The van der Waals surface area contributed by atoms with Crippen LogP contribution in [0.4, 0.5) is 0 Å². The van der Waals surface area contributed by atoms with Crippen LogP contribution in [-0.4, -0.2) is 5.11 Å². The lowest BCUT2D eigenvalue weighted by molar-refractivity contribution is 0.474. The van der Waals surface area contributed by atoms with Crippen molar-refractivity contribution in [2.75, 3.05) is 0 Å². The number of phenolic OH excluding ortho intramolecular Hbond substituents is 1. The maximum Gasteiger partial charge on any atom is 0.115 e. The van der Waals surface area contributed by atoms with E-state index < -0.39 is 0 Å². The average molecular weight is 288 g/mol. The third-order valence-corrected chi connectivity index (χ3v) is 3.96. The van der Waals surface area contributed by atoms with Crippen LogP contribution in [-0.2, 0) is 12.8 Å². The summed E-state index contributed by atoms with van der Waals surface area (Å²) in [6.07, 6.45) is 1.85. The van der Waals surface area contributed by atoms with Crippen LogP contribution >= 0.6 is 0 Å². The molecule has 1 nitrogen and oxygen atoms in total. The SMILES string of the molecule is CCc1cc(O)ccc1-c1cccc(Cc2ccccc2)c1. The molecule has 0 fully saturated rings. The summed E-state index contributed by atoms with van der Waals surface area (Å²) in [4.78, 5) is 0. The Kier molecular flexibility index (Phi) is 4.24. The van der Waals surface area contributed by atoms with E-state index in [-0.39, 0.29) is 0 Å². The van der Waals surface area contributed by atoms with Crippen LogP contribution in [0.5, 0.6) is 5.75 Å². The molecule has 0 bridgehead atoms. The maximum atomic E-state index is 9.66. The van der Waals surface area contributed by atoms with Crippen LogP contribution in [0, 0.1) is 0 Å². The lowest BCUT2D eigenvalue weighted by Gasteiger charge is -2.10. The van der Waals surface area contributed by atoms with Gasteiger partial charge < -0.3 is 5.11 Å². The number of aryl methyl sites for hydroxylation is 1. The Balaban J connectivity index is 1.94. The quantitative estimate of drug-likeness (QED) is 0.698. The van der Waals surface area contributed by atoms with Crippen molar-refractivity contribution in [2.45, 2.75) is 19.8 Å². The predicted molar refractivity (Wildman–Crippen MR) is 92.2 cm³/mol. The molecule has 0 aliphatic carbocycles. The summed E-state index contributed by atoms with van der Waals surface area (Å²) in [5.41, 5.74) is 6.22. The second kappa shape index (κ2) is 6.48. The van der Waals surface area contributed by atoms with E-state index in [1.807, 2.05) is 18.2 Å². The lowest BCUT2D eigenvalue weighted by atomic mass is 9.95. The molecule has 22 heavy (non-hydrogen) atoms. The normalized spacial score (nSPS) is 10.6. The zero-order chi connectivity index (χ0) is 15.4. The molecule has 1 heteroatoms. The maximum absolute atomic E-state index is 9.66. The second-order valence-corrected chi connectivity index (χ2v) is 5.56. The lowest BCUT2D eigenvalue weighted by Crippen LogP contribution is -1.91. The van der Waals surface area contributed by atoms with Crippen molar-refractivity contribution in [3.8, 4) is 16.9 Å². The fourth-order valence-electron chi connectivity index (χ4n) is 2.83. The molecule has 0 amide bonds. The summed E-state index contributed by atoms with van der Waals surface area (Å²) in [5.74, 6) is 0.334. The Morgan fingerprint density at radius 2 is 1.55 bits per heavy atom. The summed E-state index contributed by atoms with van der Waals surface area (Å²) in [7, 11) is 0. The summed E-state index contributed by atoms with van der Waals surface area (Å²) in [5, 5.41) is 9.66. The van der Waals surface area contributed by atoms with Gasteiger partial charge in [-0.05, 0) is 52.8 Å². The molecule has 0 saturated heterocycles. The molecule has 0 aliphatic rings. The molecule has 3 aromatic rings. The van der Waals surface area contributed by atoms with Gasteiger partial charge in [0.25, 0.3) is 0 Å². The van der Waals surface area contributed by atoms with Crippen LogP contribution in [0.3, 0.4) is 0 Å². The van der Waals surface area contributed by atoms with Crippen LogP contribution in [0.2, 0.25) is 0 Å². The third-order valence-electron chi connectivity index (χ3n) is 3.96. The highest BCUT2D eigenvalue weighted by Gasteiger charge is 2.06. The number of phenols is 1. The first-order valence-electron chi connectivity index (χ1n) is 7.71. The first-order chi connectivity index (χ1) is 10.8. The van der Waals surface area contributed by atoms with E-state index in [1.54, 1.807) is 6.07 Å². The Hall–Kier alpha value is -2.54. The molecule has 0 saturated carbocycles. The van der Waals surface area contributed by atoms with Gasteiger partial charge in [-0.2, -0.15) is 0 Å². The molecule has 3 aromatic carbocycles. The van der Waals surface area contributed by atoms with Crippen molar-refractivity contribution in [3.05, 3.63) is 89.5 Å². The van der Waals surface area contributed by atoms with Crippen molar-refractivity contribution in [3.63, 3.8) is 0 Å². The molecule has 0 unspecified atom stereocenters. The molecule has 0 radical (unpaired) electrons. The zero-order valence-corrected chi connectivity index (χ0v) is 12.8. The first-order valence-corrected chi connectivity index (χ1v) is 7.71. The van der Waals surface area contributed by atoms with E-state index in [2.05, 4.69) is 55.5 Å². The third kappa shape index (κ3) is 3.20. The minimum absolute atomic E-state index is 0.334. The minimum atomic E-state index is 0.334. The summed E-state index contributed by atoms with van der Waals surface area (Å²) in [6.45, 7) is 2.12. The van der Waals surface area contributed by atoms with Gasteiger partial charge in [-0.1, -0.05) is 67.6 Å². The van der Waals surface area contributed by atoms with Crippen molar-refractivity contribution in [1.29, 1.82) is 0 Å². The zero-order valence-electron chi connectivity index (χ0n) is 12.8. The fourth-order valence-corrected chi connectivity index (χ4v) is 2.83. The molecule has 3 rings (SSSR count). The largest absolute Gasteiger partial charge is 0.508 e. The van der Waals surface area contributed by atoms with Gasteiger partial charge in [0, 0.05) is 0 Å². The van der Waals surface area contributed by atoms with Gasteiger partial charge in [0.15, 0.2) is 0 Å². The second-order valence-electron chi connectivity index (χ2n) is 5.56. The molecular formula is C21H20O. The number of rotatable bonds is 4. The summed E-state index contributed by atoms with van der Waals surface area (Å²) < 4.78 is 0. The predicted octanol–water partition coefficient (Wildman–Crippen LogP) is 5.21. The smallest absolute Gasteiger partial charge is 0.115 e. The molecule has 0 aromatic heterocycles. The van der Waals surface area contributed by atoms with Crippen molar-refractivity contribution in [1.82, 2.24) is 0 Å². The van der Waals surface area contributed by atoms with Crippen molar-refractivity contribution in [2.24, 2.45) is 0 Å². The van der Waals surface area contributed by atoms with Gasteiger partial charge in [-0.25, -0.2) is 0 Å². The van der Waals surface area contributed by atoms with Gasteiger partial charge in [-0.3, -0.25) is 0 Å². The van der Waals surface area contributed by atoms with Gasteiger partial charge in [0.2, 0.25) is 0 Å². The number of benzene rings is 3. The molecule has 0 spiro atoms. The van der Waals surface area contributed by atoms with Gasteiger partial charge in [0.05, 0.1) is 0 Å². The van der Waals surface area contributed by atoms with Crippen molar-refractivity contribution >= 4 is 0 Å². The highest BCUT2D eigenvalue weighted by Crippen LogP contribution is 2.28. The standard InChI is InChI=1S/C21H20O/c1-2-18-15-20(22)11-12-21(18)19-10-6-9-17(14-19)13-16-7-4-3-5-8-16/h3-12,14-15,22H,2,13H2,1H3. The minimum Gasteiger partial charge on any atom is -0.508 e. The van der Waals surface area contributed by atoms with E-state index in [4.69, 9.17) is 0 Å². The summed E-state index contributed by atoms with van der Waals surface area (Å²) >= 11 is 0. The van der Waals surface area contributed by atoms with E-state index in [0.29, 0.717) is 5.75 Å². The highest BCUT2D eigenvalue weighted by molar-refractivity contribution is 5.69. The van der Waals surface area contributed by atoms with Crippen LogP contribution in [0.15, 0.2) is 72.8 Å². The highest BCUT2D eigenvalue weighted by atomic mass is 16.3. The van der Waals surface area contributed by atoms with E-state index in [0.717, 1.165) is 12.8 Å². The van der Waals surface area contributed by atoms with Gasteiger partial charge in [-0.15, -0.1) is 0 Å². The molecule has 110 valence electrons. The van der Waals surface area contributed by atoms with Crippen LogP contribution in [0.1, 0.15) is 23.6 Å². The Labute approximate surface area is 131 Å². The van der Waals surface area contributed by atoms with Crippen LogP contribution < -0.4 is 0 Å². The number of hydrogen-bond acceptors (Lipinski definition) is 1. The Bertz CT molecular complexity index is 760. The van der Waals surface area contributed by atoms with E-state index in [1.165, 1.54) is 27.8 Å². The number of hydrogen-bond donors (Lipinski definition) is 1. The molecule has 0 heterocycles. The molecule has 1 N–H and O–H groups in total. The van der Waals surface area contributed by atoms with E-state index in [9.17, 15) is 5.11 Å².